The van der Waals surface area contributed by atoms with Gasteiger partial charge in [0, 0.05) is 12.3 Å². The molecule has 0 saturated heterocycles. The van der Waals surface area contributed by atoms with Gasteiger partial charge in [-0.05, 0) is 25.1 Å². The first kappa shape index (κ1) is 12.8. The minimum Gasteiger partial charge on any atom is -0.506 e. The number of phenols is 1. The molecule has 1 amide bonds. The lowest BCUT2D eigenvalue weighted by molar-refractivity contribution is -0.117. The Morgan fingerprint density at radius 3 is 2.94 bits per heavy atom. The Hall–Kier alpha value is -1.26. The van der Waals surface area contributed by atoms with E-state index in [2.05, 4.69) is 5.32 Å². The molecule has 0 aliphatic carbocycles. The zero-order chi connectivity index (χ0) is 12.0. The van der Waals surface area contributed by atoms with Crippen molar-refractivity contribution in [2.75, 3.05) is 18.5 Å². The van der Waals surface area contributed by atoms with E-state index in [0.29, 0.717) is 25.3 Å². The number of carbonyl (C=O) groups excluding carboxylic acids is 1. The molecule has 16 heavy (non-hydrogen) atoms. The van der Waals surface area contributed by atoms with Crippen molar-refractivity contribution < 1.29 is 14.6 Å². The summed E-state index contributed by atoms with van der Waals surface area (Å²) in [5, 5.41) is 12.1. The van der Waals surface area contributed by atoms with E-state index in [1.165, 1.54) is 12.1 Å². The summed E-state index contributed by atoms with van der Waals surface area (Å²) in [6.45, 7) is 2.87. The minimum atomic E-state index is -0.143. The monoisotopic (exact) mass is 243 g/mol. The number of hydrogen-bond donors (Lipinski definition) is 2. The van der Waals surface area contributed by atoms with E-state index in [1.807, 2.05) is 6.92 Å². The van der Waals surface area contributed by atoms with Gasteiger partial charge in [0.2, 0.25) is 5.91 Å². The molecule has 0 heterocycles. The van der Waals surface area contributed by atoms with Crippen molar-refractivity contribution in [2.45, 2.75) is 13.3 Å². The van der Waals surface area contributed by atoms with Crippen LogP contribution in [0.2, 0.25) is 5.02 Å². The molecule has 0 spiro atoms. The van der Waals surface area contributed by atoms with Gasteiger partial charge in [-0.3, -0.25) is 4.79 Å². The van der Waals surface area contributed by atoms with E-state index >= 15 is 0 Å². The number of hydrogen-bond acceptors (Lipinski definition) is 3. The number of benzene rings is 1. The smallest absolute Gasteiger partial charge is 0.226 e. The van der Waals surface area contributed by atoms with E-state index < -0.39 is 0 Å². The van der Waals surface area contributed by atoms with Crippen LogP contribution in [0.15, 0.2) is 18.2 Å². The third kappa shape index (κ3) is 4.08. The predicted octanol–water partition coefficient (Wildman–Crippen LogP) is 2.41. The van der Waals surface area contributed by atoms with Crippen LogP contribution in [0.1, 0.15) is 13.3 Å². The summed E-state index contributed by atoms with van der Waals surface area (Å²) in [5.74, 6) is -0.149. The van der Waals surface area contributed by atoms with Gasteiger partial charge in [-0.25, -0.2) is 0 Å². The van der Waals surface area contributed by atoms with Crippen LogP contribution in [0.4, 0.5) is 5.69 Å². The first-order valence-electron chi connectivity index (χ1n) is 4.99. The summed E-state index contributed by atoms with van der Waals surface area (Å²) in [6.07, 6.45) is 0.298. The van der Waals surface area contributed by atoms with Gasteiger partial charge in [-0.1, -0.05) is 11.6 Å². The van der Waals surface area contributed by atoms with Crippen molar-refractivity contribution in [1.82, 2.24) is 0 Å². The van der Waals surface area contributed by atoms with Crippen LogP contribution in [0.25, 0.3) is 0 Å². The van der Waals surface area contributed by atoms with Gasteiger partial charge >= 0.3 is 0 Å². The van der Waals surface area contributed by atoms with Crippen LogP contribution < -0.4 is 5.32 Å². The lowest BCUT2D eigenvalue weighted by Gasteiger charge is -2.06. The number of halogens is 1. The molecule has 1 aromatic rings. The van der Waals surface area contributed by atoms with E-state index in [0.717, 1.165) is 0 Å². The van der Waals surface area contributed by atoms with Crippen LogP contribution in [0, 0.1) is 0 Å². The van der Waals surface area contributed by atoms with Crippen LogP contribution in [0.3, 0.4) is 0 Å². The highest BCUT2D eigenvalue weighted by Crippen LogP contribution is 2.25. The molecule has 0 radical (unpaired) electrons. The number of carbonyl (C=O) groups is 1. The van der Waals surface area contributed by atoms with Crippen molar-refractivity contribution in [3.63, 3.8) is 0 Å². The molecule has 0 aliphatic rings. The van der Waals surface area contributed by atoms with Crippen LogP contribution >= 0.6 is 11.6 Å². The molecule has 0 atom stereocenters. The minimum absolute atomic E-state index is 0.00557. The highest BCUT2D eigenvalue weighted by Gasteiger charge is 2.04. The van der Waals surface area contributed by atoms with Crippen molar-refractivity contribution in [2.24, 2.45) is 0 Å². The van der Waals surface area contributed by atoms with Crippen molar-refractivity contribution in [3.05, 3.63) is 23.2 Å². The fraction of sp³-hybridized carbons (Fsp3) is 0.364. The summed E-state index contributed by atoms with van der Waals surface area (Å²) < 4.78 is 5.06. The molecule has 0 saturated carbocycles. The molecule has 1 aromatic carbocycles. The summed E-state index contributed by atoms with van der Waals surface area (Å²) in [7, 11) is 0. The van der Waals surface area contributed by atoms with Crippen molar-refractivity contribution in [1.29, 1.82) is 0 Å². The Kier molecular flexibility index (Phi) is 5.08. The average molecular weight is 244 g/mol. The number of amides is 1. The van der Waals surface area contributed by atoms with Gasteiger partial charge in [0.25, 0.3) is 0 Å². The molecule has 0 unspecified atom stereocenters. The van der Waals surface area contributed by atoms with Gasteiger partial charge < -0.3 is 15.2 Å². The van der Waals surface area contributed by atoms with E-state index in [4.69, 9.17) is 16.3 Å². The Morgan fingerprint density at radius 1 is 1.56 bits per heavy atom. The number of rotatable bonds is 5. The molecule has 0 aliphatic heterocycles. The summed E-state index contributed by atoms with van der Waals surface area (Å²) in [6, 6.07) is 4.51. The quantitative estimate of drug-likeness (QED) is 0.617. The molecular formula is C11H14ClNO3. The number of anilines is 1. The Balaban J connectivity index is 2.46. The van der Waals surface area contributed by atoms with Gasteiger partial charge in [-0.15, -0.1) is 0 Å². The van der Waals surface area contributed by atoms with E-state index in [9.17, 15) is 9.90 Å². The highest BCUT2D eigenvalue weighted by molar-refractivity contribution is 6.32. The molecule has 4 nitrogen and oxygen atoms in total. The Labute approximate surface area is 99.2 Å². The topological polar surface area (TPSA) is 58.6 Å². The maximum atomic E-state index is 11.4. The molecular weight excluding hydrogens is 230 g/mol. The first-order chi connectivity index (χ1) is 7.63. The summed E-state index contributed by atoms with van der Waals surface area (Å²) in [4.78, 5) is 11.4. The maximum absolute atomic E-state index is 11.4. The number of phenolic OH excluding ortho intramolecular Hbond substituents is 1. The number of aromatic hydroxyl groups is 1. The normalized spacial score (nSPS) is 10.1. The fourth-order valence-corrected chi connectivity index (χ4v) is 1.30. The lowest BCUT2D eigenvalue weighted by atomic mass is 10.3. The molecule has 1 rings (SSSR count). The SMILES string of the molecule is CCOCCC(=O)Nc1ccc(O)c(Cl)c1. The molecule has 0 bridgehead atoms. The molecule has 0 fully saturated rings. The molecule has 0 aromatic heterocycles. The Morgan fingerprint density at radius 2 is 2.31 bits per heavy atom. The second-order valence-electron chi connectivity index (χ2n) is 3.16. The van der Waals surface area contributed by atoms with E-state index in [-0.39, 0.29) is 16.7 Å². The van der Waals surface area contributed by atoms with Gasteiger partial charge in [0.15, 0.2) is 0 Å². The van der Waals surface area contributed by atoms with Crippen LogP contribution in [-0.2, 0) is 9.53 Å². The van der Waals surface area contributed by atoms with Crippen LogP contribution in [-0.4, -0.2) is 24.2 Å². The third-order valence-corrected chi connectivity index (χ3v) is 2.21. The summed E-state index contributed by atoms with van der Waals surface area (Å²) >= 11 is 5.70. The van der Waals surface area contributed by atoms with Crippen molar-refractivity contribution in [3.8, 4) is 5.75 Å². The lowest BCUT2D eigenvalue weighted by Crippen LogP contribution is -2.14. The predicted molar refractivity (Wildman–Crippen MR) is 62.9 cm³/mol. The highest BCUT2D eigenvalue weighted by atomic mass is 35.5. The first-order valence-corrected chi connectivity index (χ1v) is 5.37. The molecule has 2 N–H and O–H groups in total. The second kappa shape index (κ2) is 6.35. The van der Waals surface area contributed by atoms with Crippen LogP contribution in [0.5, 0.6) is 5.75 Å². The molecule has 5 heteroatoms. The zero-order valence-corrected chi connectivity index (χ0v) is 9.75. The summed E-state index contributed by atoms with van der Waals surface area (Å²) in [5.41, 5.74) is 0.560. The zero-order valence-electron chi connectivity index (χ0n) is 9.00. The maximum Gasteiger partial charge on any atom is 0.226 e. The average Bonchev–Trinajstić information content (AvgIpc) is 2.24. The number of ether oxygens (including phenoxy) is 1. The second-order valence-corrected chi connectivity index (χ2v) is 3.57. The van der Waals surface area contributed by atoms with Crippen molar-refractivity contribution >= 4 is 23.2 Å². The van der Waals surface area contributed by atoms with Gasteiger partial charge in [-0.2, -0.15) is 0 Å². The number of nitrogens with one attached hydrogen (secondary N) is 1. The largest absolute Gasteiger partial charge is 0.506 e. The third-order valence-electron chi connectivity index (χ3n) is 1.91. The van der Waals surface area contributed by atoms with E-state index in [1.54, 1.807) is 6.07 Å². The van der Waals surface area contributed by atoms with Gasteiger partial charge in [0.1, 0.15) is 5.75 Å². The molecule has 88 valence electrons. The fourth-order valence-electron chi connectivity index (χ4n) is 1.12. The van der Waals surface area contributed by atoms with Gasteiger partial charge in [0.05, 0.1) is 18.1 Å². The standard InChI is InChI=1S/C11H14ClNO3/c1-2-16-6-5-11(15)13-8-3-4-10(14)9(12)7-8/h3-4,7,14H,2,5-6H2,1H3,(H,13,15). The Bertz CT molecular complexity index is 368.